The molecule has 0 radical (unpaired) electrons. The third kappa shape index (κ3) is 5.51. The number of oxazole rings is 1. The van der Waals surface area contributed by atoms with Crippen LogP contribution in [0, 0.1) is 5.82 Å². The Balaban J connectivity index is 1.45. The molecular weight excluding hydrogens is 343 g/mol. The van der Waals surface area contributed by atoms with Crippen molar-refractivity contribution in [3.8, 4) is 11.3 Å². The normalized spacial score (nSPS) is 11.9. The van der Waals surface area contributed by atoms with E-state index in [1.807, 2.05) is 25.1 Å². The molecule has 3 aromatic rings. The van der Waals surface area contributed by atoms with Crippen molar-refractivity contribution in [1.29, 1.82) is 0 Å². The van der Waals surface area contributed by atoms with Crippen LogP contribution in [0.25, 0.3) is 11.3 Å². The minimum absolute atomic E-state index is 0.0406. The molecule has 0 aliphatic rings. The first-order chi connectivity index (χ1) is 13.1. The number of hydrogen-bond donors (Lipinski definition) is 1. The number of benzene rings is 2. The van der Waals surface area contributed by atoms with Gasteiger partial charge in [-0.25, -0.2) is 9.37 Å². The highest BCUT2D eigenvalue weighted by Crippen LogP contribution is 2.23. The maximum absolute atomic E-state index is 13.8. The average molecular weight is 366 g/mol. The lowest BCUT2D eigenvalue weighted by Gasteiger charge is -2.13. The number of nitrogens with one attached hydrogen (secondary N) is 1. The van der Waals surface area contributed by atoms with E-state index in [1.54, 1.807) is 18.2 Å². The Bertz CT molecular complexity index is 877. The summed E-state index contributed by atoms with van der Waals surface area (Å²) in [5.74, 6) is 0.409. The maximum atomic E-state index is 13.8. The van der Waals surface area contributed by atoms with Crippen molar-refractivity contribution in [2.24, 2.45) is 0 Å². The third-order valence-electron chi connectivity index (χ3n) is 4.38. The Morgan fingerprint density at radius 1 is 1.11 bits per heavy atom. The second kappa shape index (κ2) is 9.12. The maximum Gasteiger partial charge on any atom is 0.220 e. The SMILES string of the molecule is CC(CCc1ccccc1)NC(=O)CCc1ncc(-c2ccccc2F)o1. The fraction of sp³-hybridized carbons (Fsp3) is 0.273. The second-order valence-corrected chi connectivity index (χ2v) is 6.59. The minimum Gasteiger partial charge on any atom is -0.441 e. The van der Waals surface area contributed by atoms with Crippen molar-refractivity contribution in [2.75, 3.05) is 0 Å². The summed E-state index contributed by atoms with van der Waals surface area (Å²) in [6.45, 7) is 2.00. The van der Waals surface area contributed by atoms with Gasteiger partial charge in [-0.15, -0.1) is 0 Å². The summed E-state index contributed by atoms with van der Waals surface area (Å²) in [6, 6.07) is 16.7. The molecule has 0 aliphatic heterocycles. The van der Waals surface area contributed by atoms with Crippen LogP contribution < -0.4 is 5.32 Å². The van der Waals surface area contributed by atoms with Gasteiger partial charge in [0, 0.05) is 18.9 Å². The van der Waals surface area contributed by atoms with E-state index >= 15 is 0 Å². The van der Waals surface area contributed by atoms with Crippen LogP contribution in [-0.2, 0) is 17.6 Å². The van der Waals surface area contributed by atoms with Crippen molar-refractivity contribution < 1.29 is 13.6 Å². The number of halogens is 1. The number of aromatic nitrogens is 1. The highest BCUT2D eigenvalue weighted by molar-refractivity contribution is 5.76. The van der Waals surface area contributed by atoms with Crippen LogP contribution in [0.4, 0.5) is 4.39 Å². The Kier molecular flexibility index (Phi) is 6.36. The highest BCUT2D eigenvalue weighted by Gasteiger charge is 2.13. The number of carbonyl (C=O) groups is 1. The van der Waals surface area contributed by atoms with Gasteiger partial charge in [-0.1, -0.05) is 42.5 Å². The van der Waals surface area contributed by atoms with E-state index in [2.05, 4.69) is 22.4 Å². The predicted octanol–water partition coefficient (Wildman–Crippen LogP) is 4.55. The van der Waals surface area contributed by atoms with Gasteiger partial charge < -0.3 is 9.73 Å². The summed E-state index contributed by atoms with van der Waals surface area (Å²) < 4.78 is 19.4. The summed E-state index contributed by atoms with van der Waals surface area (Å²) in [5.41, 5.74) is 1.63. The van der Waals surface area contributed by atoms with Gasteiger partial charge in [-0.2, -0.15) is 0 Å². The molecular formula is C22H23FN2O2. The Morgan fingerprint density at radius 2 is 1.85 bits per heavy atom. The Labute approximate surface area is 158 Å². The molecule has 3 rings (SSSR count). The van der Waals surface area contributed by atoms with Gasteiger partial charge in [0.05, 0.1) is 11.8 Å². The van der Waals surface area contributed by atoms with Crippen LogP contribution >= 0.6 is 0 Å². The molecule has 1 N–H and O–H groups in total. The molecule has 1 aromatic heterocycles. The largest absolute Gasteiger partial charge is 0.441 e. The molecule has 0 saturated carbocycles. The summed E-state index contributed by atoms with van der Waals surface area (Å²) in [5, 5.41) is 3.00. The first-order valence-corrected chi connectivity index (χ1v) is 9.14. The van der Waals surface area contributed by atoms with Crippen molar-refractivity contribution in [3.05, 3.63) is 78.1 Å². The molecule has 4 nitrogen and oxygen atoms in total. The molecule has 1 atom stereocenters. The van der Waals surface area contributed by atoms with Gasteiger partial charge >= 0.3 is 0 Å². The molecule has 1 heterocycles. The molecule has 1 amide bonds. The quantitative estimate of drug-likeness (QED) is 0.636. The van der Waals surface area contributed by atoms with Crippen molar-refractivity contribution >= 4 is 5.91 Å². The van der Waals surface area contributed by atoms with E-state index in [0.29, 0.717) is 23.6 Å². The molecule has 0 spiro atoms. The van der Waals surface area contributed by atoms with Crippen LogP contribution in [0.1, 0.15) is 31.2 Å². The molecule has 1 unspecified atom stereocenters. The fourth-order valence-electron chi connectivity index (χ4n) is 2.88. The standard InChI is InChI=1S/C22H23FN2O2/c1-16(11-12-17-7-3-2-4-8-17)25-21(26)13-14-22-24-15-20(27-22)18-9-5-6-10-19(18)23/h2-10,15-16H,11-14H2,1H3,(H,25,26). The number of carbonyl (C=O) groups excluding carboxylic acids is 1. The lowest BCUT2D eigenvalue weighted by molar-refractivity contribution is -0.121. The molecule has 5 heteroatoms. The summed E-state index contributed by atoms with van der Waals surface area (Å²) in [6.07, 6.45) is 3.97. The van der Waals surface area contributed by atoms with Gasteiger partial charge in [0.1, 0.15) is 5.82 Å². The fourth-order valence-corrected chi connectivity index (χ4v) is 2.88. The number of amides is 1. The van der Waals surface area contributed by atoms with E-state index in [4.69, 9.17) is 4.42 Å². The monoisotopic (exact) mass is 366 g/mol. The Morgan fingerprint density at radius 3 is 2.63 bits per heavy atom. The number of nitrogens with zero attached hydrogens (tertiary/aromatic N) is 1. The van der Waals surface area contributed by atoms with Gasteiger partial charge in [0.15, 0.2) is 11.7 Å². The molecule has 0 saturated heterocycles. The van der Waals surface area contributed by atoms with E-state index in [1.165, 1.54) is 17.8 Å². The summed E-state index contributed by atoms with van der Waals surface area (Å²) in [4.78, 5) is 16.3. The van der Waals surface area contributed by atoms with Crippen LogP contribution in [0.15, 0.2) is 65.2 Å². The van der Waals surface area contributed by atoms with Gasteiger partial charge in [0.2, 0.25) is 5.91 Å². The number of rotatable bonds is 8. The third-order valence-corrected chi connectivity index (χ3v) is 4.38. The highest BCUT2D eigenvalue weighted by atomic mass is 19.1. The summed E-state index contributed by atoms with van der Waals surface area (Å²) >= 11 is 0. The van der Waals surface area contributed by atoms with E-state index in [-0.39, 0.29) is 24.2 Å². The van der Waals surface area contributed by atoms with Crippen molar-refractivity contribution in [1.82, 2.24) is 10.3 Å². The lowest BCUT2D eigenvalue weighted by Crippen LogP contribution is -2.33. The van der Waals surface area contributed by atoms with Crippen LogP contribution in [0.5, 0.6) is 0 Å². The molecule has 140 valence electrons. The Hall–Kier alpha value is -2.95. The molecule has 2 aromatic carbocycles. The zero-order valence-corrected chi connectivity index (χ0v) is 15.3. The topological polar surface area (TPSA) is 55.1 Å². The van der Waals surface area contributed by atoms with E-state index in [9.17, 15) is 9.18 Å². The minimum atomic E-state index is -0.356. The second-order valence-electron chi connectivity index (χ2n) is 6.59. The molecule has 27 heavy (non-hydrogen) atoms. The van der Waals surface area contributed by atoms with Gasteiger partial charge in [-0.05, 0) is 37.5 Å². The zero-order chi connectivity index (χ0) is 19.1. The van der Waals surface area contributed by atoms with Crippen LogP contribution in [0.2, 0.25) is 0 Å². The first-order valence-electron chi connectivity index (χ1n) is 9.14. The van der Waals surface area contributed by atoms with Crippen LogP contribution in [0.3, 0.4) is 0 Å². The molecule has 0 fully saturated rings. The average Bonchev–Trinajstić information content (AvgIpc) is 3.15. The van der Waals surface area contributed by atoms with Crippen LogP contribution in [-0.4, -0.2) is 16.9 Å². The van der Waals surface area contributed by atoms with E-state index < -0.39 is 0 Å². The van der Waals surface area contributed by atoms with E-state index in [0.717, 1.165) is 12.8 Å². The number of hydrogen-bond acceptors (Lipinski definition) is 3. The van der Waals surface area contributed by atoms with Gasteiger partial charge in [0.25, 0.3) is 0 Å². The number of aryl methyl sites for hydroxylation is 2. The summed E-state index contributed by atoms with van der Waals surface area (Å²) in [7, 11) is 0. The first kappa shape index (κ1) is 18.8. The lowest BCUT2D eigenvalue weighted by atomic mass is 10.1. The van der Waals surface area contributed by atoms with Crippen molar-refractivity contribution in [2.45, 2.75) is 38.6 Å². The smallest absolute Gasteiger partial charge is 0.220 e. The molecule has 0 bridgehead atoms. The zero-order valence-electron chi connectivity index (χ0n) is 15.3. The van der Waals surface area contributed by atoms with Crippen molar-refractivity contribution in [3.63, 3.8) is 0 Å². The predicted molar refractivity (Wildman–Crippen MR) is 103 cm³/mol. The van der Waals surface area contributed by atoms with Gasteiger partial charge in [-0.3, -0.25) is 4.79 Å². The molecule has 0 aliphatic carbocycles.